The Morgan fingerprint density at radius 1 is 1.05 bits per heavy atom. The van der Waals surface area contributed by atoms with Gasteiger partial charge >= 0.3 is 0 Å². The van der Waals surface area contributed by atoms with Gasteiger partial charge in [0.15, 0.2) is 0 Å². The molecule has 0 saturated carbocycles. The highest BCUT2D eigenvalue weighted by Gasteiger charge is 2.34. The third-order valence-electron chi connectivity index (χ3n) is 3.47. The van der Waals surface area contributed by atoms with Crippen molar-refractivity contribution < 1.29 is 4.79 Å². The zero-order valence-electron chi connectivity index (χ0n) is 12.5. The minimum atomic E-state index is -0.786. The van der Waals surface area contributed by atoms with Crippen molar-refractivity contribution in [1.29, 1.82) is 0 Å². The summed E-state index contributed by atoms with van der Waals surface area (Å²) < 4.78 is -0.786. The van der Waals surface area contributed by atoms with Crippen molar-refractivity contribution >= 4 is 23.4 Å². The van der Waals surface area contributed by atoms with Gasteiger partial charge in [0.25, 0.3) is 0 Å². The van der Waals surface area contributed by atoms with E-state index in [0.29, 0.717) is 0 Å². The van der Waals surface area contributed by atoms with E-state index in [-0.39, 0.29) is 5.91 Å². The predicted octanol–water partition coefficient (Wildman–Crippen LogP) is 3.25. The van der Waals surface area contributed by atoms with Crippen LogP contribution in [-0.2, 0) is 9.54 Å². The summed E-state index contributed by atoms with van der Waals surface area (Å²) in [5.74, 6) is -0.339. The average Bonchev–Trinajstić information content (AvgIpc) is 2.48. The Labute approximate surface area is 130 Å². The molecule has 1 amide bonds. The predicted molar refractivity (Wildman–Crippen MR) is 89.6 cm³/mol. The first-order valence-corrected chi connectivity index (χ1v) is 7.57. The maximum atomic E-state index is 12.0. The molecule has 1 unspecified atom stereocenters. The molecule has 0 saturated heterocycles. The minimum absolute atomic E-state index is 0.339. The van der Waals surface area contributed by atoms with Gasteiger partial charge in [-0.2, -0.15) is 0 Å². The summed E-state index contributed by atoms with van der Waals surface area (Å²) >= 11 is 1.48. The van der Waals surface area contributed by atoms with Crippen LogP contribution in [0.1, 0.15) is 12.5 Å². The first kappa shape index (κ1) is 15.4. The zero-order valence-corrected chi connectivity index (χ0v) is 13.4. The Morgan fingerprint density at radius 2 is 1.62 bits per heavy atom. The smallest absolute Gasteiger partial charge is 0.238 e. The molecule has 0 aliphatic carbocycles. The van der Waals surface area contributed by atoms with Crippen molar-refractivity contribution in [3.63, 3.8) is 0 Å². The van der Waals surface area contributed by atoms with Crippen LogP contribution in [0.5, 0.6) is 0 Å². The number of hydrogen-bond donors (Lipinski definition) is 1. The van der Waals surface area contributed by atoms with Crippen molar-refractivity contribution in [3.05, 3.63) is 60.2 Å². The monoisotopic (exact) mass is 300 g/mol. The Hall–Kier alpha value is -1.94. The van der Waals surface area contributed by atoms with Gasteiger partial charge < -0.3 is 10.6 Å². The van der Waals surface area contributed by atoms with Crippen molar-refractivity contribution in [2.45, 2.75) is 16.6 Å². The van der Waals surface area contributed by atoms with Crippen molar-refractivity contribution in [3.8, 4) is 0 Å². The van der Waals surface area contributed by atoms with Gasteiger partial charge in [0.2, 0.25) is 5.91 Å². The van der Waals surface area contributed by atoms with Crippen LogP contribution < -0.4 is 10.6 Å². The van der Waals surface area contributed by atoms with E-state index < -0.39 is 4.75 Å². The molecule has 3 nitrogen and oxygen atoms in total. The van der Waals surface area contributed by atoms with Crippen molar-refractivity contribution in [1.82, 2.24) is 0 Å². The highest BCUT2D eigenvalue weighted by molar-refractivity contribution is 8.01. The van der Waals surface area contributed by atoms with Gasteiger partial charge in [-0.25, -0.2) is 0 Å². The largest absolute Gasteiger partial charge is 0.378 e. The first-order chi connectivity index (χ1) is 9.93. The number of benzene rings is 2. The number of carbonyl (C=O) groups excluding carboxylic acids is 1. The minimum Gasteiger partial charge on any atom is -0.378 e. The summed E-state index contributed by atoms with van der Waals surface area (Å²) in [6.07, 6.45) is 0. The summed E-state index contributed by atoms with van der Waals surface area (Å²) in [6.45, 7) is 1.87. The van der Waals surface area contributed by atoms with E-state index in [1.54, 1.807) is 0 Å². The van der Waals surface area contributed by atoms with E-state index >= 15 is 0 Å². The number of rotatable bonds is 5. The molecular weight excluding hydrogens is 280 g/mol. The Kier molecular flexibility index (Phi) is 4.58. The fourth-order valence-electron chi connectivity index (χ4n) is 2.05. The molecule has 0 spiro atoms. The summed E-state index contributed by atoms with van der Waals surface area (Å²) in [4.78, 5) is 15.1. The Morgan fingerprint density at radius 3 is 2.10 bits per heavy atom. The lowest BCUT2D eigenvalue weighted by atomic mass is 9.99. The molecule has 0 aliphatic heterocycles. The van der Waals surface area contributed by atoms with E-state index in [2.05, 4.69) is 0 Å². The number of thioether (sulfide) groups is 1. The maximum Gasteiger partial charge on any atom is 0.238 e. The normalized spacial score (nSPS) is 13.5. The first-order valence-electron chi connectivity index (χ1n) is 6.75. The van der Waals surface area contributed by atoms with E-state index in [4.69, 9.17) is 5.73 Å². The summed E-state index contributed by atoms with van der Waals surface area (Å²) in [7, 11) is 3.97. The van der Waals surface area contributed by atoms with Gasteiger partial charge in [-0.05, 0) is 36.8 Å². The second-order valence-corrected chi connectivity index (χ2v) is 6.75. The van der Waals surface area contributed by atoms with E-state index in [0.717, 1.165) is 16.1 Å². The highest BCUT2D eigenvalue weighted by atomic mass is 32.2. The number of primary amides is 1. The van der Waals surface area contributed by atoms with Gasteiger partial charge in [0.05, 0.1) is 0 Å². The lowest BCUT2D eigenvalue weighted by molar-refractivity contribution is -0.120. The molecule has 0 fully saturated rings. The number of nitrogens with zero attached hydrogens (tertiary/aromatic N) is 1. The van der Waals surface area contributed by atoms with Crippen LogP contribution in [0.2, 0.25) is 0 Å². The second kappa shape index (κ2) is 6.22. The van der Waals surface area contributed by atoms with Crippen LogP contribution in [0.25, 0.3) is 0 Å². The van der Waals surface area contributed by atoms with Crippen LogP contribution in [0.4, 0.5) is 5.69 Å². The van der Waals surface area contributed by atoms with E-state index in [9.17, 15) is 4.79 Å². The summed E-state index contributed by atoms with van der Waals surface area (Å²) in [6, 6.07) is 17.8. The quantitative estimate of drug-likeness (QED) is 0.862. The van der Waals surface area contributed by atoms with Crippen LogP contribution in [-0.4, -0.2) is 20.0 Å². The molecule has 0 bridgehead atoms. The fourth-order valence-corrected chi connectivity index (χ4v) is 3.17. The number of hydrogen-bond acceptors (Lipinski definition) is 3. The van der Waals surface area contributed by atoms with Gasteiger partial charge in [-0.3, -0.25) is 4.79 Å². The lowest BCUT2D eigenvalue weighted by Gasteiger charge is -2.26. The van der Waals surface area contributed by atoms with Crippen molar-refractivity contribution in [2.75, 3.05) is 19.0 Å². The van der Waals surface area contributed by atoms with Crippen molar-refractivity contribution in [2.24, 2.45) is 5.73 Å². The number of carbonyl (C=O) groups is 1. The fraction of sp³-hybridized carbons (Fsp3) is 0.235. The molecule has 0 heterocycles. The molecule has 2 aromatic rings. The number of nitrogens with two attached hydrogens (primary N) is 1. The second-order valence-electron chi connectivity index (χ2n) is 5.25. The third kappa shape index (κ3) is 3.39. The molecule has 2 N–H and O–H groups in total. The Balaban J connectivity index is 2.35. The molecule has 0 aromatic heterocycles. The molecule has 110 valence electrons. The SMILES string of the molecule is CN(C)c1ccc(C(C)(Sc2ccccc2)C(N)=O)cc1. The zero-order chi connectivity index (χ0) is 15.5. The number of amides is 1. The Bertz CT molecular complexity index is 610. The summed E-state index contributed by atoms with van der Waals surface area (Å²) in [5.41, 5.74) is 7.68. The number of anilines is 1. The average molecular weight is 300 g/mol. The molecule has 21 heavy (non-hydrogen) atoms. The lowest BCUT2D eigenvalue weighted by Crippen LogP contribution is -2.35. The molecule has 1 atom stereocenters. The third-order valence-corrected chi connectivity index (χ3v) is 4.82. The van der Waals surface area contributed by atoms with Crippen LogP contribution in [0.3, 0.4) is 0 Å². The van der Waals surface area contributed by atoms with Gasteiger partial charge in [0, 0.05) is 24.7 Å². The molecule has 2 aromatic carbocycles. The molecule has 0 radical (unpaired) electrons. The molecule has 4 heteroatoms. The topological polar surface area (TPSA) is 46.3 Å². The van der Waals surface area contributed by atoms with Gasteiger partial charge in [-0.1, -0.05) is 30.3 Å². The van der Waals surface area contributed by atoms with Crippen LogP contribution >= 0.6 is 11.8 Å². The molecule has 0 aliphatic rings. The van der Waals surface area contributed by atoms with E-state index in [1.807, 2.05) is 80.5 Å². The van der Waals surface area contributed by atoms with Gasteiger partial charge in [0.1, 0.15) is 4.75 Å². The standard InChI is InChI=1S/C17H20N2OS/c1-17(16(18)20,21-15-7-5-4-6-8-15)13-9-11-14(12-10-13)19(2)3/h4-12H,1-3H3,(H2,18,20). The maximum absolute atomic E-state index is 12.0. The highest BCUT2D eigenvalue weighted by Crippen LogP contribution is 2.41. The van der Waals surface area contributed by atoms with Crippen LogP contribution in [0.15, 0.2) is 59.5 Å². The van der Waals surface area contributed by atoms with E-state index in [1.165, 1.54) is 11.8 Å². The van der Waals surface area contributed by atoms with Crippen LogP contribution in [0, 0.1) is 0 Å². The molecule has 2 rings (SSSR count). The molecular formula is C17H20N2OS. The summed E-state index contributed by atoms with van der Waals surface area (Å²) in [5, 5.41) is 0. The van der Waals surface area contributed by atoms with Gasteiger partial charge in [-0.15, -0.1) is 11.8 Å².